The van der Waals surface area contributed by atoms with Crippen LogP contribution in [0.3, 0.4) is 0 Å². The lowest BCUT2D eigenvalue weighted by Gasteiger charge is -2.37. The van der Waals surface area contributed by atoms with E-state index in [1.807, 2.05) is 0 Å². The van der Waals surface area contributed by atoms with E-state index in [0.29, 0.717) is 25.5 Å². The number of rotatable bonds is 6. The number of ether oxygens (including phenoxy) is 3. The summed E-state index contributed by atoms with van der Waals surface area (Å²) in [6.07, 6.45) is 2.46. The van der Waals surface area contributed by atoms with Crippen molar-refractivity contribution in [2.24, 2.45) is 4.99 Å². The Balaban J connectivity index is 1.52. The first kappa shape index (κ1) is 18.9. The van der Waals surface area contributed by atoms with Gasteiger partial charge in [0.1, 0.15) is 24.3 Å². The van der Waals surface area contributed by atoms with Crippen LogP contribution in [-0.4, -0.2) is 69.1 Å². The molecule has 0 spiro atoms. The SMILES string of the molecule is CCNC(=NCCOc1cccc(F)c1)N1CCOC(C2CCCO2)C1. The highest BCUT2D eigenvalue weighted by Gasteiger charge is 2.32. The third-order valence-electron chi connectivity index (χ3n) is 4.53. The summed E-state index contributed by atoms with van der Waals surface area (Å²) < 4.78 is 30.4. The van der Waals surface area contributed by atoms with Gasteiger partial charge in [-0.1, -0.05) is 6.07 Å². The number of hydrogen-bond donors (Lipinski definition) is 1. The molecule has 3 rings (SSSR count). The maximum atomic E-state index is 13.2. The van der Waals surface area contributed by atoms with Gasteiger partial charge in [-0.05, 0) is 31.9 Å². The predicted octanol–water partition coefficient (Wildman–Crippen LogP) is 2.05. The Morgan fingerprint density at radius 1 is 1.35 bits per heavy atom. The fourth-order valence-corrected chi connectivity index (χ4v) is 3.29. The fourth-order valence-electron chi connectivity index (χ4n) is 3.29. The van der Waals surface area contributed by atoms with Crippen molar-refractivity contribution in [3.05, 3.63) is 30.1 Å². The van der Waals surface area contributed by atoms with Crippen LogP contribution in [0.5, 0.6) is 5.75 Å². The van der Waals surface area contributed by atoms with E-state index in [9.17, 15) is 4.39 Å². The molecule has 0 bridgehead atoms. The molecule has 6 nitrogen and oxygen atoms in total. The third kappa shape index (κ3) is 5.32. The Bertz CT molecular complexity index is 593. The van der Waals surface area contributed by atoms with Gasteiger partial charge in [0.05, 0.1) is 19.3 Å². The minimum atomic E-state index is -0.298. The van der Waals surface area contributed by atoms with Crippen molar-refractivity contribution in [1.82, 2.24) is 10.2 Å². The van der Waals surface area contributed by atoms with Gasteiger partial charge >= 0.3 is 0 Å². The Morgan fingerprint density at radius 3 is 3.00 bits per heavy atom. The Labute approximate surface area is 154 Å². The summed E-state index contributed by atoms with van der Waals surface area (Å²) in [5, 5.41) is 3.34. The van der Waals surface area contributed by atoms with Crippen molar-refractivity contribution in [2.45, 2.75) is 32.0 Å². The molecular formula is C19H28FN3O3. The number of nitrogens with one attached hydrogen (secondary N) is 1. The summed E-state index contributed by atoms with van der Waals surface area (Å²) in [4.78, 5) is 6.88. The van der Waals surface area contributed by atoms with Crippen molar-refractivity contribution in [3.8, 4) is 5.75 Å². The van der Waals surface area contributed by atoms with Crippen molar-refractivity contribution in [3.63, 3.8) is 0 Å². The van der Waals surface area contributed by atoms with Gasteiger partial charge in [-0.25, -0.2) is 9.38 Å². The topological polar surface area (TPSA) is 55.3 Å². The molecule has 7 heteroatoms. The van der Waals surface area contributed by atoms with Crippen LogP contribution < -0.4 is 10.1 Å². The van der Waals surface area contributed by atoms with Crippen molar-refractivity contribution in [2.75, 3.05) is 46.0 Å². The monoisotopic (exact) mass is 365 g/mol. The minimum absolute atomic E-state index is 0.0960. The number of nitrogens with zero attached hydrogens (tertiary/aromatic N) is 2. The first-order valence-electron chi connectivity index (χ1n) is 9.41. The lowest BCUT2D eigenvalue weighted by atomic mass is 10.1. The highest BCUT2D eigenvalue weighted by Crippen LogP contribution is 2.21. The first-order valence-corrected chi connectivity index (χ1v) is 9.41. The Morgan fingerprint density at radius 2 is 2.23 bits per heavy atom. The average molecular weight is 365 g/mol. The van der Waals surface area contributed by atoms with Gasteiger partial charge in [0, 0.05) is 32.3 Å². The number of aliphatic imine (C=N–C) groups is 1. The fraction of sp³-hybridized carbons (Fsp3) is 0.632. The molecule has 2 aliphatic heterocycles. The summed E-state index contributed by atoms with van der Waals surface area (Å²) in [7, 11) is 0. The van der Waals surface area contributed by atoms with Crippen LogP contribution in [-0.2, 0) is 9.47 Å². The van der Waals surface area contributed by atoms with Gasteiger partial charge in [-0.3, -0.25) is 0 Å². The minimum Gasteiger partial charge on any atom is -0.492 e. The summed E-state index contributed by atoms with van der Waals surface area (Å²) in [6, 6.07) is 6.16. The smallest absolute Gasteiger partial charge is 0.194 e. The average Bonchev–Trinajstić information content (AvgIpc) is 3.19. The zero-order chi connectivity index (χ0) is 18.2. The van der Waals surface area contributed by atoms with Crippen LogP contribution in [0.1, 0.15) is 19.8 Å². The molecule has 2 fully saturated rings. The van der Waals surface area contributed by atoms with Gasteiger partial charge in [-0.15, -0.1) is 0 Å². The quantitative estimate of drug-likeness (QED) is 0.475. The second kappa shape index (κ2) is 9.73. The summed E-state index contributed by atoms with van der Waals surface area (Å²) in [5.74, 6) is 1.09. The molecule has 1 aromatic carbocycles. The molecule has 0 aliphatic carbocycles. The van der Waals surface area contributed by atoms with E-state index < -0.39 is 0 Å². The van der Waals surface area contributed by atoms with Crippen LogP contribution in [0.4, 0.5) is 4.39 Å². The highest BCUT2D eigenvalue weighted by molar-refractivity contribution is 5.80. The van der Waals surface area contributed by atoms with E-state index in [-0.39, 0.29) is 18.0 Å². The molecule has 2 saturated heterocycles. The molecule has 0 saturated carbocycles. The highest BCUT2D eigenvalue weighted by atomic mass is 19.1. The maximum absolute atomic E-state index is 13.2. The number of morpholine rings is 1. The third-order valence-corrected chi connectivity index (χ3v) is 4.53. The largest absolute Gasteiger partial charge is 0.492 e. The summed E-state index contributed by atoms with van der Waals surface area (Å²) >= 11 is 0. The van der Waals surface area contributed by atoms with Gasteiger partial charge in [0.2, 0.25) is 0 Å². The van der Waals surface area contributed by atoms with Gasteiger partial charge in [-0.2, -0.15) is 0 Å². The van der Waals surface area contributed by atoms with Crippen molar-refractivity contribution in [1.29, 1.82) is 0 Å². The number of hydrogen-bond acceptors (Lipinski definition) is 4. The zero-order valence-electron chi connectivity index (χ0n) is 15.3. The molecule has 1 N–H and O–H groups in total. The summed E-state index contributed by atoms with van der Waals surface area (Å²) in [5.41, 5.74) is 0. The van der Waals surface area contributed by atoms with Crippen molar-refractivity contribution < 1.29 is 18.6 Å². The van der Waals surface area contributed by atoms with E-state index in [4.69, 9.17) is 14.2 Å². The van der Waals surface area contributed by atoms with Crippen LogP contribution in [0.25, 0.3) is 0 Å². The van der Waals surface area contributed by atoms with E-state index >= 15 is 0 Å². The van der Waals surface area contributed by atoms with Gasteiger partial charge < -0.3 is 24.4 Å². The molecule has 2 aliphatic rings. The Kier molecular flexibility index (Phi) is 7.08. The predicted molar refractivity (Wildman–Crippen MR) is 98.2 cm³/mol. The van der Waals surface area contributed by atoms with Gasteiger partial charge in [0.25, 0.3) is 0 Å². The second-order valence-electron chi connectivity index (χ2n) is 6.45. The van der Waals surface area contributed by atoms with Gasteiger partial charge in [0.15, 0.2) is 5.96 Å². The molecule has 144 valence electrons. The Hall–Kier alpha value is -1.86. The molecule has 2 unspecified atom stereocenters. The molecule has 2 atom stereocenters. The molecule has 0 amide bonds. The zero-order valence-corrected chi connectivity index (χ0v) is 15.3. The molecule has 2 heterocycles. The molecule has 0 aromatic heterocycles. The first-order chi connectivity index (χ1) is 12.8. The van der Waals surface area contributed by atoms with Crippen LogP contribution in [0.15, 0.2) is 29.3 Å². The number of halogens is 1. The number of guanidine groups is 1. The molecule has 1 aromatic rings. The van der Waals surface area contributed by atoms with E-state index in [2.05, 4.69) is 22.1 Å². The maximum Gasteiger partial charge on any atom is 0.194 e. The van der Waals surface area contributed by atoms with E-state index in [1.165, 1.54) is 12.1 Å². The van der Waals surface area contributed by atoms with Crippen LogP contribution in [0, 0.1) is 5.82 Å². The van der Waals surface area contributed by atoms with Crippen LogP contribution >= 0.6 is 0 Å². The van der Waals surface area contributed by atoms with E-state index in [1.54, 1.807) is 12.1 Å². The second-order valence-corrected chi connectivity index (χ2v) is 6.45. The molecule has 0 radical (unpaired) electrons. The lowest BCUT2D eigenvalue weighted by molar-refractivity contribution is -0.0817. The normalized spacial score (nSPS) is 23.9. The molecular weight excluding hydrogens is 337 g/mol. The number of benzene rings is 1. The van der Waals surface area contributed by atoms with Crippen LogP contribution in [0.2, 0.25) is 0 Å². The van der Waals surface area contributed by atoms with Crippen molar-refractivity contribution >= 4 is 5.96 Å². The van der Waals surface area contributed by atoms with E-state index in [0.717, 1.165) is 45.0 Å². The summed E-state index contributed by atoms with van der Waals surface area (Å²) in [6.45, 7) is 6.84. The standard InChI is InChI=1S/C19H28FN3O3/c1-2-21-19(22-8-11-24-16-6-3-5-15(20)13-16)23-9-12-26-18(14-23)17-7-4-10-25-17/h3,5-6,13,17-18H,2,4,7-12,14H2,1H3,(H,21,22). The molecule has 26 heavy (non-hydrogen) atoms. The lowest BCUT2D eigenvalue weighted by Crippen LogP contribution is -2.53.